The molecule has 0 atom stereocenters. The number of anilines is 1. The van der Waals surface area contributed by atoms with E-state index in [0.29, 0.717) is 30.4 Å². The summed E-state index contributed by atoms with van der Waals surface area (Å²) in [5, 5.41) is 5.37. The number of nitrogens with zero attached hydrogens (tertiary/aromatic N) is 2. The van der Waals surface area contributed by atoms with Crippen LogP contribution in [0.4, 0.5) is 10.5 Å². The fourth-order valence-corrected chi connectivity index (χ4v) is 4.37. The van der Waals surface area contributed by atoms with Crippen LogP contribution in [-0.4, -0.2) is 48.5 Å². The number of rotatable bonds is 10. The second kappa shape index (κ2) is 12.4. The van der Waals surface area contributed by atoms with E-state index >= 15 is 0 Å². The molecule has 2 aromatic carbocycles. The Morgan fingerprint density at radius 1 is 1.03 bits per heavy atom. The van der Waals surface area contributed by atoms with Crippen LogP contribution in [0.1, 0.15) is 16.0 Å². The number of ether oxygens (including phenoxy) is 1. The number of amides is 3. The molecule has 0 bridgehead atoms. The van der Waals surface area contributed by atoms with Crippen LogP contribution in [0.15, 0.2) is 66.0 Å². The van der Waals surface area contributed by atoms with Crippen LogP contribution < -0.4 is 5.32 Å². The third kappa shape index (κ3) is 7.60. The Labute approximate surface area is 203 Å². The highest BCUT2D eigenvalue weighted by molar-refractivity contribution is 7.10. The van der Waals surface area contributed by atoms with Crippen LogP contribution in [0, 0.1) is 6.92 Å². The van der Waals surface area contributed by atoms with Crippen LogP contribution >= 0.6 is 22.9 Å². The van der Waals surface area contributed by atoms with Gasteiger partial charge in [-0.2, -0.15) is 0 Å². The van der Waals surface area contributed by atoms with Crippen molar-refractivity contribution in [3.63, 3.8) is 0 Å². The van der Waals surface area contributed by atoms with Crippen molar-refractivity contribution in [3.05, 3.63) is 87.1 Å². The third-order valence-corrected chi connectivity index (χ3v) is 6.37. The smallest absolute Gasteiger partial charge is 0.322 e. The number of hydrogen-bond donors (Lipinski definition) is 1. The van der Waals surface area contributed by atoms with E-state index in [0.717, 1.165) is 16.0 Å². The Morgan fingerprint density at radius 3 is 2.48 bits per heavy atom. The maximum Gasteiger partial charge on any atom is 0.322 e. The Bertz CT molecular complexity index is 1060. The lowest BCUT2D eigenvalue weighted by atomic mass is 10.2. The normalized spacial score (nSPS) is 10.6. The number of hydrogen-bond acceptors (Lipinski definition) is 4. The highest BCUT2D eigenvalue weighted by Crippen LogP contribution is 2.20. The molecular formula is C25H28ClN3O3S. The SMILES string of the molecule is COCCN(CC(=O)N(Cc1ccccc1)Cc1sccc1C)C(=O)Nc1cccc(Cl)c1. The predicted octanol–water partition coefficient (Wildman–Crippen LogP) is 5.42. The van der Waals surface area contributed by atoms with Crippen molar-refractivity contribution in [2.75, 3.05) is 32.1 Å². The molecule has 33 heavy (non-hydrogen) atoms. The lowest BCUT2D eigenvalue weighted by Gasteiger charge is -2.28. The second-order valence-electron chi connectivity index (χ2n) is 7.62. The van der Waals surface area contributed by atoms with Gasteiger partial charge in [0.2, 0.25) is 5.91 Å². The minimum atomic E-state index is -0.380. The molecular weight excluding hydrogens is 458 g/mol. The molecule has 3 rings (SSSR count). The van der Waals surface area contributed by atoms with Crippen molar-refractivity contribution in [3.8, 4) is 0 Å². The van der Waals surface area contributed by atoms with Crippen LogP contribution in [0.3, 0.4) is 0 Å². The fourth-order valence-electron chi connectivity index (χ4n) is 3.26. The molecule has 0 saturated heterocycles. The van der Waals surface area contributed by atoms with Gasteiger partial charge in [-0.15, -0.1) is 11.3 Å². The van der Waals surface area contributed by atoms with Crippen LogP contribution in [-0.2, 0) is 22.6 Å². The summed E-state index contributed by atoms with van der Waals surface area (Å²) in [5.41, 5.74) is 2.75. The number of thiophene rings is 1. The number of nitrogens with one attached hydrogen (secondary N) is 1. The molecule has 0 saturated carbocycles. The van der Waals surface area contributed by atoms with Gasteiger partial charge in [0.05, 0.1) is 13.2 Å². The maximum atomic E-state index is 13.4. The number of benzene rings is 2. The van der Waals surface area contributed by atoms with E-state index in [9.17, 15) is 9.59 Å². The minimum absolute atomic E-state index is 0.0625. The van der Waals surface area contributed by atoms with Crippen LogP contribution in [0.2, 0.25) is 5.02 Å². The zero-order chi connectivity index (χ0) is 23.6. The number of aryl methyl sites for hydroxylation is 1. The zero-order valence-corrected chi connectivity index (χ0v) is 20.4. The maximum absolute atomic E-state index is 13.4. The molecule has 3 amide bonds. The summed E-state index contributed by atoms with van der Waals surface area (Å²) in [6, 6.07) is 18.4. The number of methoxy groups -OCH3 is 1. The van der Waals surface area contributed by atoms with Gasteiger partial charge in [-0.1, -0.05) is 48.0 Å². The molecule has 1 N–H and O–H groups in total. The van der Waals surface area contributed by atoms with Crippen molar-refractivity contribution >= 4 is 40.6 Å². The first kappa shape index (κ1) is 24.8. The summed E-state index contributed by atoms with van der Waals surface area (Å²) in [5.74, 6) is -0.135. The monoisotopic (exact) mass is 485 g/mol. The van der Waals surface area contributed by atoms with Gasteiger partial charge >= 0.3 is 6.03 Å². The number of carbonyl (C=O) groups excluding carboxylic acids is 2. The number of urea groups is 1. The first-order chi connectivity index (χ1) is 16.0. The van der Waals surface area contributed by atoms with E-state index < -0.39 is 0 Å². The molecule has 174 valence electrons. The van der Waals surface area contributed by atoms with E-state index in [1.54, 1.807) is 47.6 Å². The molecule has 0 spiro atoms. The van der Waals surface area contributed by atoms with Crippen molar-refractivity contribution in [1.82, 2.24) is 9.80 Å². The van der Waals surface area contributed by atoms with Crippen molar-refractivity contribution in [1.29, 1.82) is 0 Å². The van der Waals surface area contributed by atoms with Gasteiger partial charge in [0, 0.05) is 35.8 Å². The van der Waals surface area contributed by atoms with E-state index in [-0.39, 0.29) is 25.0 Å². The molecule has 1 aromatic heterocycles. The fraction of sp³-hybridized carbons (Fsp3) is 0.280. The van der Waals surface area contributed by atoms with Crippen LogP contribution in [0.5, 0.6) is 0 Å². The van der Waals surface area contributed by atoms with Gasteiger partial charge in [0.15, 0.2) is 0 Å². The quantitative estimate of drug-likeness (QED) is 0.417. The largest absolute Gasteiger partial charge is 0.383 e. The molecule has 0 aliphatic carbocycles. The molecule has 0 unspecified atom stereocenters. The first-order valence-electron chi connectivity index (χ1n) is 10.6. The van der Waals surface area contributed by atoms with E-state index in [4.69, 9.17) is 16.3 Å². The minimum Gasteiger partial charge on any atom is -0.383 e. The molecule has 0 fully saturated rings. The van der Waals surface area contributed by atoms with Gasteiger partial charge < -0.3 is 19.9 Å². The van der Waals surface area contributed by atoms with Crippen LogP contribution in [0.25, 0.3) is 0 Å². The molecule has 3 aromatic rings. The third-order valence-electron chi connectivity index (χ3n) is 5.13. The Balaban J connectivity index is 1.76. The number of carbonyl (C=O) groups is 2. The Kier molecular flexibility index (Phi) is 9.30. The molecule has 6 nitrogen and oxygen atoms in total. The topological polar surface area (TPSA) is 61.9 Å². The summed E-state index contributed by atoms with van der Waals surface area (Å²) in [4.78, 5) is 30.8. The Hall–Kier alpha value is -2.87. The molecule has 8 heteroatoms. The summed E-state index contributed by atoms with van der Waals surface area (Å²) in [7, 11) is 1.57. The highest BCUT2D eigenvalue weighted by atomic mass is 35.5. The highest BCUT2D eigenvalue weighted by Gasteiger charge is 2.22. The summed E-state index contributed by atoms with van der Waals surface area (Å²) in [6.45, 7) is 3.54. The van der Waals surface area contributed by atoms with Crippen molar-refractivity contribution < 1.29 is 14.3 Å². The second-order valence-corrected chi connectivity index (χ2v) is 9.05. The average Bonchev–Trinajstić information content (AvgIpc) is 3.21. The van der Waals surface area contributed by atoms with Crippen molar-refractivity contribution in [2.45, 2.75) is 20.0 Å². The van der Waals surface area contributed by atoms with Gasteiger partial charge in [-0.3, -0.25) is 4.79 Å². The average molecular weight is 486 g/mol. The van der Waals surface area contributed by atoms with E-state index in [2.05, 4.69) is 11.4 Å². The zero-order valence-electron chi connectivity index (χ0n) is 18.8. The van der Waals surface area contributed by atoms with Gasteiger partial charge in [-0.05, 0) is 47.7 Å². The lowest BCUT2D eigenvalue weighted by molar-refractivity contribution is -0.133. The predicted molar refractivity (Wildman–Crippen MR) is 134 cm³/mol. The Morgan fingerprint density at radius 2 is 1.82 bits per heavy atom. The van der Waals surface area contributed by atoms with Gasteiger partial charge in [-0.25, -0.2) is 4.79 Å². The van der Waals surface area contributed by atoms with Crippen molar-refractivity contribution in [2.24, 2.45) is 0 Å². The molecule has 0 aliphatic heterocycles. The first-order valence-corrected chi connectivity index (χ1v) is 11.9. The summed E-state index contributed by atoms with van der Waals surface area (Å²) < 4.78 is 5.16. The molecule has 1 heterocycles. The van der Waals surface area contributed by atoms with E-state index in [1.165, 1.54) is 4.90 Å². The standard InChI is InChI=1S/C25H28ClN3O3S/c1-19-11-14-33-23(19)17-29(16-20-7-4-3-5-8-20)24(30)18-28(12-13-32-2)25(31)27-22-10-6-9-21(26)15-22/h3-11,14-15H,12-13,16-18H2,1-2H3,(H,27,31). The molecule has 0 radical (unpaired) electrons. The summed E-state index contributed by atoms with van der Waals surface area (Å²) >= 11 is 7.66. The van der Waals surface area contributed by atoms with Gasteiger partial charge in [0.1, 0.15) is 6.54 Å². The summed E-state index contributed by atoms with van der Waals surface area (Å²) in [6.07, 6.45) is 0. The molecule has 0 aliphatic rings. The van der Waals surface area contributed by atoms with Gasteiger partial charge in [0.25, 0.3) is 0 Å². The number of halogens is 1. The van der Waals surface area contributed by atoms with E-state index in [1.807, 2.05) is 42.6 Å². The lowest BCUT2D eigenvalue weighted by Crippen LogP contribution is -2.45.